The van der Waals surface area contributed by atoms with Gasteiger partial charge in [0.1, 0.15) is 5.76 Å². The lowest BCUT2D eigenvalue weighted by atomic mass is 10.1. The van der Waals surface area contributed by atoms with E-state index in [-0.39, 0.29) is 22.4 Å². The Hall–Kier alpha value is -2.40. The van der Waals surface area contributed by atoms with E-state index in [4.69, 9.17) is 14.3 Å². The zero-order valence-corrected chi connectivity index (χ0v) is 18.1. The van der Waals surface area contributed by atoms with Crippen LogP contribution in [0.4, 0.5) is 5.69 Å². The Balaban J connectivity index is 1.58. The molecule has 2 aromatic rings. The molecule has 0 bridgehead atoms. The summed E-state index contributed by atoms with van der Waals surface area (Å²) < 4.78 is 34.8. The molecule has 1 atom stereocenters. The molecule has 2 aliphatic heterocycles. The van der Waals surface area contributed by atoms with Crippen molar-refractivity contribution in [3.8, 4) is 0 Å². The summed E-state index contributed by atoms with van der Waals surface area (Å²) in [5.41, 5.74) is 0.956. The summed E-state index contributed by atoms with van der Waals surface area (Å²) in [4.78, 5) is 17.5. The van der Waals surface area contributed by atoms with Crippen LogP contribution in [0.5, 0.6) is 0 Å². The van der Waals surface area contributed by atoms with E-state index in [9.17, 15) is 13.2 Å². The third-order valence-corrected chi connectivity index (χ3v) is 6.71. The fourth-order valence-electron chi connectivity index (χ4n) is 4.18. The molecular weight excluding hydrogens is 420 g/mol. The maximum atomic E-state index is 13.2. The molecule has 2 saturated heterocycles. The zero-order valence-electron chi connectivity index (χ0n) is 17.3. The Morgan fingerprint density at radius 1 is 1.13 bits per heavy atom. The molecule has 10 heteroatoms. The minimum absolute atomic E-state index is 0.0743. The first kappa shape index (κ1) is 21.8. The number of morpholine rings is 1. The van der Waals surface area contributed by atoms with Crippen molar-refractivity contribution in [2.45, 2.75) is 23.8 Å². The first-order valence-electron chi connectivity index (χ1n) is 10.5. The number of sulfonamides is 1. The number of nitrogens with one attached hydrogen (secondary N) is 1. The van der Waals surface area contributed by atoms with E-state index < -0.39 is 10.0 Å². The Bertz CT molecular complexity index is 997. The first-order valence-corrected chi connectivity index (χ1v) is 12.0. The van der Waals surface area contributed by atoms with Gasteiger partial charge in [0.15, 0.2) is 0 Å². The van der Waals surface area contributed by atoms with Gasteiger partial charge in [-0.2, -0.15) is 0 Å². The first-order chi connectivity index (χ1) is 14.9. The van der Waals surface area contributed by atoms with Gasteiger partial charge in [-0.3, -0.25) is 9.69 Å². The molecule has 1 amide bonds. The second-order valence-electron chi connectivity index (χ2n) is 7.81. The van der Waals surface area contributed by atoms with Crippen molar-refractivity contribution >= 4 is 21.6 Å². The number of carbonyl (C=O) groups is 1. The molecule has 1 aromatic heterocycles. The summed E-state index contributed by atoms with van der Waals surface area (Å²) in [5, 5.41) is 8.30. The van der Waals surface area contributed by atoms with Gasteiger partial charge < -0.3 is 19.4 Å². The number of likely N-dealkylation sites (tertiary alicyclic amines) is 1. The minimum Gasteiger partial charge on any atom is -0.468 e. The monoisotopic (exact) mass is 448 g/mol. The van der Waals surface area contributed by atoms with E-state index in [2.05, 4.69) is 10.2 Å². The number of anilines is 1. The van der Waals surface area contributed by atoms with Crippen molar-refractivity contribution in [2.75, 3.05) is 50.8 Å². The fourth-order valence-corrected chi connectivity index (χ4v) is 4.72. The van der Waals surface area contributed by atoms with Crippen molar-refractivity contribution in [1.82, 2.24) is 10.2 Å². The molecule has 168 valence electrons. The summed E-state index contributed by atoms with van der Waals surface area (Å²) >= 11 is 0. The molecule has 1 unspecified atom stereocenters. The van der Waals surface area contributed by atoms with Gasteiger partial charge in [-0.05, 0) is 56.3 Å². The summed E-state index contributed by atoms with van der Waals surface area (Å²) in [5.74, 6) is 0.455. The van der Waals surface area contributed by atoms with Crippen LogP contribution < -0.4 is 15.4 Å². The van der Waals surface area contributed by atoms with Gasteiger partial charge in [0, 0.05) is 25.3 Å². The lowest BCUT2D eigenvalue weighted by Crippen LogP contribution is -2.39. The third-order valence-electron chi connectivity index (χ3n) is 5.80. The maximum Gasteiger partial charge on any atom is 0.253 e. The Morgan fingerprint density at radius 3 is 2.52 bits per heavy atom. The van der Waals surface area contributed by atoms with Gasteiger partial charge in [0.2, 0.25) is 10.0 Å². The Morgan fingerprint density at radius 2 is 1.87 bits per heavy atom. The van der Waals surface area contributed by atoms with E-state index in [1.165, 1.54) is 12.1 Å². The zero-order chi connectivity index (χ0) is 21.8. The highest BCUT2D eigenvalue weighted by molar-refractivity contribution is 7.89. The molecule has 4 rings (SSSR count). The van der Waals surface area contributed by atoms with Gasteiger partial charge in [-0.1, -0.05) is 0 Å². The van der Waals surface area contributed by atoms with Crippen LogP contribution >= 0.6 is 0 Å². The number of nitrogens with two attached hydrogens (primary N) is 1. The van der Waals surface area contributed by atoms with E-state index in [1.807, 2.05) is 17.0 Å². The molecule has 3 heterocycles. The number of amides is 1. The molecule has 1 aromatic carbocycles. The fraction of sp³-hybridized carbons (Fsp3) is 0.476. The average molecular weight is 449 g/mol. The van der Waals surface area contributed by atoms with Crippen LogP contribution in [0.2, 0.25) is 0 Å². The van der Waals surface area contributed by atoms with E-state index in [0.29, 0.717) is 38.5 Å². The summed E-state index contributed by atoms with van der Waals surface area (Å²) in [6.45, 7) is 4.59. The van der Waals surface area contributed by atoms with Gasteiger partial charge in [-0.15, -0.1) is 0 Å². The number of rotatable bonds is 7. The topological polar surface area (TPSA) is 118 Å². The number of hydrogen-bond acceptors (Lipinski definition) is 7. The van der Waals surface area contributed by atoms with E-state index in [0.717, 1.165) is 31.7 Å². The van der Waals surface area contributed by atoms with Crippen molar-refractivity contribution in [2.24, 2.45) is 5.14 Å². The summed E-state index contributed by atoms with van der Waals surface area (Å²) in [7, 11) is -3.93. The Kier molecular flexibility index (Phi) is 6.61. The second kappa shape index (κ2) is 9.39. The minimum atomic E-state index is -3.93. The van der Waals surface area contributed by atoms with Gasteiger partial charge in [-0.25, -0.2) is 13.6 Å². The van der Waals surface area contributed by atoms with Crippen LogP contribution in [-0.4, -0.2) is 65.2 Å². The highest BCUT2D eigenvalue weighted by atomic mass is 32.2. The normalized spacial score (nSPS) is 18.8. The molecule has 0 radical (unpaired) electrons. The number of benzene rings is 1. The average Bonchev–Trinajstić information content (AvgIpc) is 3.48. The molecule has 0 aliphatic carbocycles. The summed E-state index contributed by atoms with van der Waals surface area (Å²) in [6, 6.07) is 8.11. The highest BCUT2D eigenvalue weighted by Gasteiger charge is 2.27. The summed E-state index contributed by atoms with van der Waals surface area (Å²) in [6.07, 6.45) is 3.86. The van der Waals surface area contributed by atoms with Crippen molar-refractivity contribution in [3.63, 3.8) is 0 Å². The number of ether oxygens (including phenoxy) is 1. The quantitative estimate of drug-likeness (QED) is 0.656. The van der Waals surface area contributed by atoms with Crippen molar-refractivity contribution in [3.05, 3.63) is 47.9 Å². The van der Waals surface area contributed by atoms with Gasteiger partial charge in [0.25, 0.3) is 5.91 Å². The third kappa shape index (κ3) is 5.09. The van der Waals surface area contributed by atoms with Crippen LogP contribution in [0.25, 0.3) is 0 Å². The molecule has 0 spiro atoms. The standard InChI is InChI=1S/C21H28N4O5S/c22-31(27,28)16-5-6-18(25-9-12-29-13-10-25)17(14-16)21(26)23-15-19(20-4-3-11-30-20)24-7-1-2-8-24/h3-6,11,14,19H,1-2,7-10,12-13,15H2,(H,23,26)(H2,22,27,28). The van der Waals surface area contributed by atoms with Crippen molar-refractivity contribution < 1.29 is 22.4 Å². The lowest BCUT2D eigenvalue weighted by Gasteiger charge is -2.31. The highest BCUT2D eigenvalue weighted by Crippen LogP contribution is 2.27. The SMILES string of the molecule is NS(=O)(=O)c1ccc(N2CCOCC2)c(C(=O)NCC(c2ccco2)N2CCCC2)c1. The smallest absolute Gasteiger partial charge is 0.253 e. The molecule has 3 N–H and O–H groups in total. The lowest BCUT2D eigenvalue weighted by molar-refractivity contribution is 0.0932. The largest absolute Gasteiger partial charge is 0.468 e. The maximum absolute atomic E-state index is 13.2. The van der Waals surface area contributed by atoms with E-state index in [1.54, 1.807) is 12.3 Å². The molecular formula is C21H28N4O5S. The molecule has 2 aliphatic rings. The Labute approximate surface area is 182 Å². The number of primary sulfonamides is 1. The number of carbonyl (C=O) groups excluding carboxylic acids is 1. The molecule has 2 fully saturated rings. The number of furan rings is 1. The second-order valence-corrected chi connectivity index (χ2v) is 9.37. The van der Waals surface area contributed by atoms with Crippen LogP contribution in [-0.2, 0) is 14.8 Å². The van der Waals surface area contributed by atoms with Crippen molar-refractivity contribution in [1.29, 1.82) is 0 Å². The van der Waals surface area contributed by atoms with Gasteiger partial charge >= 0.3 is 0 Å². The van der Waals surface area contributed by atoms with Gasteiger partial charge in [0.05, 0.1) is 36.0 Å². The predicted octanol–water partition coefficient (Wildman–Crippen LogP) is 1.33. The predicted molar refractivity (Wildman–Crippen MR) is 115 cm³/mol. The molecule has 9 nitrogen and oxygen atoms in total. The van der Waals surface area contributed by atoms with Crippen LogP contribution in [0.15, 0.2) is 45.9 Å². The van der Waals surface area contributed by atoms with E-state index >= 15 is 0 Å². The molecule has 0 saturated carbocycles. The van der Waals surface area contributed by atoms with Crippen LogP contribution in [0.3, 0.4) is 0 Å². The van der Waals surface area contributed by atoms with Crippen LogP contribution in [0.1, 0.15) is 35.0 Å². The molecule has 31 heavy (non-hydrogen) atoms. The number of nitrogens with zero attached hydrogens (tertiary/aromatic N) is 2. The number of hydrogen-bond donors (Lipinski definition) is 2. The van der Waals surface area contributed by atoms with Crippen LogP contribution in [0, 0.1) is 0 Å².